The van der Waals surface area contributed by atoms with Crippen LogP contribution >= 0.6 is 0 Å². The average Bonchev–Trinajstić information content (AvgIpc) is 2.60. The van der Waals surface area contributed by atoms with Crippen molar-refractivity contribution in [3.05, 3.63) is 59.7 Å². The molecule has 6 nitrogen and oxygen atoms in total. The summed E-state index contributed by atoms with van der Waals surface area (Å²) in [5, 5.41) is 2.66. The molecule has 0 atom stereocenters. The fourth-order valence-corrected chi connectivity index (χ4v) is 2.09. The number of nitrogens with one attached hydrogen (secondary N) is 1. The summed E-state index contributed by atoms with van der Waals surface area (Å²) in [6, 6.07) is 13.1. The Kier molecular flexibility index (Phi) is 6.28. The Morgan fingerprint density at radius 1 is 1.00 bits per heavy atom. The second-order valence-electron chi connectivity index (χ2n) is 5.22. The van der Waals surface area contributed by atoms with Crippen LogP contribution in [0, 0.1) is 0 Å². The molecule has 0 aliphatic rings. The lowest BCUT2D eigenvalue weighted by molar-refractivity contribution is -0.118. The zero-order chi connectivity index (χ0) is 18.2. The van der Waals surface area contributed by atoms with Crippen molar-refractivity contribution < 1.29 is 23.9 Å². The molecular weight excluding hydrogens is 322 g/mol. The molecule has 2 rings (SSSR count). The van der Waals surface area contributed by atoms with Crippen LogP contribution in [-0.2, 0) is 9.53 Å². The zero-order valence-electron chi connectivity index (χ0n) is 14.1. The Hall–Kier alpha value is -3.15. The lowest BCUT2D eigenvalue weighted by atomic mass is 10.1. The Labute approximate surface area is 145 Å². The van der Waals surface area contributed by atoms with Crippen LogP contribution in [0.5, 0.6) is 5.75 Å². The van der Waals surface area contributed by atoms with Gasteiger partial charge in [0.05, 0.1) is 12.2 Å². The van der Waals surface area contributed by atoms with Gasteiger partial charge in [-0.05, 0) is 44.2 Å². The fourth-order valence-electron chi connectivity index (χ4n) is 2.09. The number of hydrogen-bond donors (Lipinski definition) is 1. The van der Waals surface area contributed by atoms with Crippen LogP contribution in [0.25, 0.3) is 0 Å². The first kappa shape index (κ1) is 18.2. The fraction of sp³-hybridized carbons (Fsp3) is 0.211. The van der Waals surface area contributed by atoms with Crippen LogP contribution in [0.2, 0.25) is 0 Å². The minimum Gasteiger partial charge on any atom is -0.484 e. The molecule has 0 unspecified atom stereocenters. The van der Waals surface area contributed by atoms with Gasteiger partial charge in [0.25, 0.3) is 5.91 Å². The molecule has 0 bridgehead atoms. The second-order valence-corrected chi connectivity index (χ2v) is 5.22. The lowest BCUT2D eigenvalue weighted by Crippen LogP contribution is -2.20. The van der Waals surface area contributed by atoms with Gasteiger partial charge in [0.15, 0.2) is 12.4 Å². The quantitative estimate of drug-likeness (QED) is 0.618. The molecule has 25 heavy (non-hydrogen) atoms. The van der Waals surface area contributed by atoms with E-state index in [0.29, 0.717) is 22.6 Å². The van der Waals surface area contributed by atoms with E-state index >= 15 is 0 Å². The largest absolute Gasteiger partial charge is 0.484 e. The van der Waals surface area contributed by atoms with Gasteiger partial charge in [0.1, 0.15) is 5.75 Å². The van der Waals surface area contributed by atoms with Crippen molar-refractivity contribution in [1.29, 1.82) is 0 Å². The van der Waals surface area contributed by atoms with E-state index in [4.69, 9.17) is 9.47 Å². The van der Waals surface area contributed by atoms with Gasteiger partial charge in [-0.2, -0.15) is 0 Å². The summed E-state index contributed by atoms with van der Waals surface area (Å²) in [6.07, 6.45) is 0. The Balaban J connectivity index is 1.94. The number of esters is 1. The van der Waals surface area contributed by atoms with E-state index in [1.165, 1.54) is 13.0 Å². The highest BCUT2D eigenvalue weighted by molar-refractivity contribution is 5.97. The van der Waals surface area contributed by atoms with Gasteiger partial charge in [-0.15, -0.1) is 0 Å². The third-order valence-electron chi connectivity index (χ3n) is 3.27. The molecule has 0 aliphatic heterocycles. The molecule has 0 heterocycles. The van der Waals surface area contributed by atoms with Crippen LogP contribution in [0.4, 0.5) is 5.69 Å². The molecule has 0 saturated carbocycles. The van der Waals surface area contributed by atoms with Gasteiger partial charge in [0, 0.05) is 11.3 Å². The molecule has 6 heteroatoms. The number of hydrogen-bond acceptors (Lipinski definition) is 5. The predicted octanol–water partition coefficient (Wildman–Crippen LogP) is 3.08. The number of ketones is 1. The van der Waals surface area contributed by atoms with E-state index in [2.05, 4.69) is 5.32 Å². The minimum atomic E-state index is -0.446. The van der Waals surface area contributed by atoms with Crippen molar-refractivity contribution >= 4 is 23.3 Å². The molecule has 0 saturated heterocycles. The van der Waals surface area contributed by atoms with E-state index in [1.807, 2.05) is 0 Å². The van der Waals surface area contributed by atoms with Crippen molar-refractivity contribution in [2.75, 3.05) is 18.5 Å². The van der Waals surface area contributed by atoms with E-state index in [9.17, 15) is 14.4 Å². The molecular formula is C19H19NO5. The molecule has 0 aromatic heterocycles. The summed E-state index contributed by atoms with van der Waals surface area (Å²) in [4.78, 5) is 35.0. The number of anilines is 1. The number of rotatable bonds is 7. The number of Topliss-reactive ketones (excluding diaryl/α,β-unsaturated/α-hetero) is 1. The summed E-state index contributed by atoms with van der Waals surface area (Å²) < 4.78 is 10.3. The number of ether oxygens (including phenoxy) is 2. The summed E-state index contributed by atoms with van der Waals surface area (Å²) in [5.74, 6) is -0.512. The predicted molar refractivity (Wildman–Crippen MR) is 93.0 cm³/mol. The van der Waals surface area contributed by atoms with Crippen LogP contribution in [0.15, 0.2) is 48.5 Å². The maximum atomic E-state index is 12.0. The van der Waals surface area contributed by atoms with Crippen LogP contribution in [0.3, 0.4) is 0 Å². The van der Waals surface area contributed by atoms with Gasteiger partial charge < -0.3 is 14.8 Å². The third kappa shape index (κ3) is 5.46. The number of carbonyl (C=O) groups is 3. The highest BCUT2D eigenvalue weighted by Gasteiger charge is 2.09. The van der Waals surface area contributed by atoms with E-state index < -0.39 is 5.97 Å². The summed E-state index contributed by atoms with van der Waals surface area (Å²) in [5.41, 5.74) is 1.39. The molecule has 1 amide bonds. The number of carbonyl (C=O) groups excluding carboxylic acids is 3. The number of benzene rings is 2. The SMILES string of the molecule is CCOC(=O)c1cccc(OCC(=O)Nc2cccc(C(C)=O)c2)c1. The summed E-state index contributed by atoms with van der Waals surface area (Å²) in [7, 11) is 0. The van der Waals surface area contributed by atoms with Crippen molar-refractivity contribution in [3.8, 4) is 5.75 Å². The molecule has 0 radical (unpaired) electrons. The summed E-state index contributed by atoms with van der Waals surface area (Å²) >= 11 is 0. The first-order valence-corrected chi connectivity index (χ1v) is 7.80. The normalized spacial score (nSPS) is 10.0. The van der Waals surface area contributed by atoms with Crippen LogP contribution < -0.4 is 10.1 Å². The van der Waals surface area contributed by atoms with Gasteiger partial charge in [-0.25, -0.2) is 4.79 Å². The lowest BCUT2D eigenvalue weighted by Gasteiger charge is -2.09. The van der Waals surface area contributed by atoms with Crippen molar-refractivity contribution in [1.82, 2.24) is 0 Å². The first-order valence-electron chi connectivity index (χ1n) is 7.80. The third-order valence-corrected chi connectivity index (χ3v) is 3.27. The molecule has 2 aromatic carbocycles. The van der Waals surface area contributed by atoms with Crippen molar-refractivity contribution in [2.24, 2.45) is 0 Å². The zero-order valence-corrected chi connectivity index (χ0v) is 14.1. The minimum absolute atomic E-state index is 0.0804. The molecule has 0 fully saturated rings. The highest BCUT2D eigenvalue weighted by atomic mass is 16.5. The van der Waals surface area contributed by atoms with Crippen LogP contribution in [0.1, 0.15) is 34.6 Å². The van der Waals surface area contributed by atoms with E-state index in [1.54, 1.807) is 49.4 Å². The van der Waals surface area contributed by atoms with Gasteiger partial charge in [0.2, 0.25) is 0 Å². The highest BCUT2D eigenvalue weighted by Crippen LogP contribution is 2.15. The monoisotopic (exact) mass is 341 g/mol. The Morgan fingerprint density at radius 2 is 1.72 bits per heavy atom. The van der Waals surface area contributed by atoms with E-state index in [-0.39, 0.29) is 24.9 Å². The molecule has 0 spiro atoms. The molecule has 1 N–H and O–H groups in total. The standard InChI is InChI=1S/C19H19NO5/c1-3-24-19(23)15-7-5-9-17(11-15)25-12-18(22)20-16-8-4-6-14(10-16)13(2)21/h4-11H,3,12H2,1-2H3,(H,20,22). The van der Waals surface area contributed by atoms with Gasteiger partial charge in [-0.3, -0.25) is 9.59 Å². The maximum absolute atomic E-state index is 12.0. The van der Waals surface area contributed by atoms with Crippen molar-refractivity contribution in [3.63, 3.8) is 0 Å². The topological polar surface area (TPSA) is 81.7 Å². The smallest absolute Gasteiger partial charge is 0.338 e. The molecule has 2 aromatic rings. The van der Waals surface area contributed by atoms with Crippen LogP contribution in [-0.4, -0.2) is 30.9 Å². The second kappa shape index (κ2) is 8.63. The van der Waals surface area contributed by atoms with E-state index in [0.717, 1.165) is 0 Å². The first-order chi connectivity index (χ1) is 12.0. The van der Waals surface area contributed by atoms with Gasteiger partial charge >= 0.3 is 5.97 Å². The average molecular weight is 341 g/mol. The van der Waals surface area contributed by atoms with Gasteiger partial charge in [-0.1, -0.05) is 18.2 Å². The summed E-state index contributed by atoms with van der Waals surface area (Å²) in [6.45, 7) is 3.24. The molecule has 130 valence electrons. The Bertz CT molecular complexity index is 785. The molecule has 0 aliphatic carbocycles. The maximum Gasteiger partial charge on any atom is 0.338 e. The Morgan fingerprint density at radius 3 is 2.44 bits per heavy atom. The van der Waals surface area contributed by atoms with Crippen molar-refractivity contribution in [2.45, 2.75) is 13.8 Å². The number of amides is 1.